The number of hydrogen-bond donors (Lipinski definition) is 2. The molecule has 2 N–H and O–H groups in total. The average molecular weight is 343 g/mol. The second-order valence-corrected chi connectivity index (χ2v) is 4.97. The summed E-state index contributed by atoms with van der Waals surface area (Å²) in [6, 6.07) is 5.83. The Labute approximate surface area is 142 Å². The Morgan fingerprint density at radius 3 is 2.95 bits per heavy atom. The number of aryl methyl sites for hydroxylation is 1. The number of rotatable bonds is 4. The Kier molecular flexibility index (Phi) is 6.71. The summed E-state index contributed by atoms with van der Waals surface area (Å²) in [5.41, 5.74) is 3.11. The van der Waals surface area contributed by atoms with E-state index in [4.69, 9.17) is 0 Å². The Morgan fingerprint density at radius 2 is 2.23 bits per heavy atom. The lowest BCUT2D eigenvalue weighted by Gasteiger charge is -2.08. The number of aromatic nitrogens is 2. The summed E-state index contributed by atoms with van der Waals surface area (Å²) < 4.78 is 2.02. The van der Waals surface area contributed by atoms with Gasteiger partial charge in [-0.2, -0.15) is 0 Å². The molecule has 0 bridgehead atoms. The minimum atomic E-state index is -0.0162. The molecule has 120 valence electrons. The molecular formula is C15H20Cl2N4O. The highest BCUT2D eigenvalue weighted by Gasteiger charge is 2.13. The smallest absolute Gasteiger partial charge is 0.251 e. The maximum Gasteiger partial charge on any atom is 0.251 e. The number of anilines is 1. The average Bonchev–Trinajstić information content (AvgIpc) is 3.07. The first-order valence-corrected chi connectivity index (χ1v) is 6.87. The molecule has 5 nitrogen and oxygen atoms in total. The van der Waals surface area contributed by atoms with Crippen LogP contribution in [0.25, 0.3) is 0 Å². The number of benzene rings is 1. The maximum absolute atomic E-state index is 12.1. The quantitative estimate of drug-likeness (QED) is 0.897. The third-order valence-electron chi connectivity index (χ3n) is 3.64. The van der Waals surface area contributed by atoms with Crippen LogP contribution in [0.2, 0.25) is 0 Å². The zero-order valence-electron chi connectivity index (χ0n) is 12.3. The molecule has 1 aliphatic heterocycles. The third-order valence-corrected chi connectivity index (χ3v) is 3.64. The normalized spacial score (nSPS) is 11.7. The van der Waals surface area contributed by atoms with Gasteiger partial charge in [-0.05, 0) is 37.1 Å². The molecule has 2 heterocycles. The number of amides is 1. The number of hydrogen-bond acceptors (Lipinski definition) is 3. The van der Waals surface area contributed by atoms with Gasteiger partial charge in [-0.15, -0.1) is 24.8 Å². The highest BCUT2D eigenvalue weighted by atomic mass is 35.5. The van der Waals surface area contributed by atoms with Crippen molar-refractivity contribution in [2.24, 2.45) is 0 Å². The molecule has 2 aromatic rings. The molecule has 0 saturated heterocycles. The van der Waals surface area contributed by atoms with Gasteiger partial charge in [0.2, 0.25) is 0 Å². The van der Waals surface area contributed by atoms with Gasteiger partial charge >= 0.3 is 0 Å². The van der Waals surface area contributed by atoms with Crippen molar-refractivity contribution in [3.8, 4) is 0 Å². The molecule has 0 radical (unpaired) electrons. The fourth-order valence-electron chi connectivity index (χ4n) is 2.48. The lowest BCUT2D eigenvalue weighted by Crippen LogP contribution is -2.27. The molecule has 1 aromatic heterocycles. The molecule has 22 heavy (non-hydrogen) atoms. The third kappa shape index (κ3) is 3.93. The molecule has 7 heteroatoms. The summed E-state index contributed by atoms with van der Waals surface area (Å²) >= 11 is 0. The summed E-state index contributed by atoms with van der Waals surface area (Å²) in [6.45, 7) is 4.26. The topological polar surface area (TPSA) is 59.0 Å². The Morgan fingerprint density at radius 1 is 1.41 bits per heavy atom. The second kappa shape index (κ2) is 8.06. The van der Waals surface area contributed by atoms with E-state index in [1.54, 1.807) is 6.20 Å². The van der Waals surface area contributed by atoms with Gasteiger partial charge in [-0.3, -0.25) is 4.79 Å². The van der Waals surface area contributed by atoms with Crippen molar-refractivity contribution in [1.29, 1.82) is 0 Å². The molecule has 0 aliphatic carbocycles. The summed E-state index contributed by atoms with van der Waals surface area (Å²) in [5, 5.41) is 6.24. The number of carbonyl (C=O) groups is 1. The zero-order valence-corrected chi connectivity index (χ0v) is 14.0. The van der Waals surface area contributed by atoms with Crippen LogP contribution in [0.4, 0.5) is 5.69 Å². The molecule has 0 atom stereocenters. The number of imidazole rings is 1. The van der Waals surface area contributed by atoms with Crippen LogP contribution >= 0.6 is 24.8 Å². The molecule has 1 amide bonds. The van der Waals surface area contributed by atoms with E-state index in [1.807, 2.05) is 35.9 Å². The van der Waals surface area contributed by atoms with Gasteiger partial charge in [0.15, 0.2) is 0 Å². The molecule has 0 unspecified atom stereocenters. The first-order chi connectivity index (χ1) is 9.74. The highest BCUT2D eigenvalue weighted by Crippen LogP contribution is 2.22. The van der Waals surface area contributed by atoms with Gasteiger partial charge in [0, 0.05) is 43.3 Å². The van der Waals surface area contributed by atoms with Gasteiger partial charge in [-0.1, -0.05) is 0 Å². The lowest BCUT2D eigenvalue weighted by molar-refractivity contribution is 0.0952. The monoisotopic (exact) mass is 342 g/mol. The molecule has 0 fully saturated rings. The second-order valence-electron chi connectivity index (χ2n) is 4.97. The molecule has 1 aliphatic rings. The van der Waals surface area contributed by atoms with E-state index in [0.717, 1.165) is 36.6 Å². The van der Waals surface area contributed by atoms with Crippen LogP contribution in [0, 0.1) is 6.92 Å². The van der Waals surface area contributed by atoms with Crippen LogP contribution in [0.5, 0.6) is 0 Å². The number of fused-ring (bicyclic) bond motifs is 1. The van der Waals surface area contributed by atoms with Crippen LogP contribution in [0.3, 0.4) is 0 Å². The minimum Gasteiger partial charge on any atom is -0.384 e. The van der Waals surface area contributed by atoms with Crippen molar-refractivity contribution in [3.63, 3.8) is 0 Å². The van der Waals surface area contributed by atoms with Gasteiger partial charge in [0.05, 0.1) is 0 Å². The van der Waals surface area contributed by atoms with E-state index < -0.39 is 0 Å². The predicted molar refractivity (Wildman–Crippen MR) is 92.4 cm³/mol. The van der Waals surface area contributed by atoms with Crippen molar-refractivity contribution < 1.29 is 4.79 Å². The van der Waals surface area contributed by atoms with E-state index >= 15 is 0 Å². The molecule has 3 rings (SSSR count). The number of halogens is 2. The predicted octanol–water partition coefficient (Wildman–Crippen LogP) is 2.43. The van der Waals surface area contributed by atoms with Crippen LogP contribution in [-0.4, -0.2) is 28.5 Å². The Balaban J connectivity index is 0.00000121. The Hall–Kier alpha value is -1.72. The summed E-state index contributed by atoms with van der Waals surface area (Å²) in [6.07, 6.45) is 4.68. The van der Waals surface area contributed by atoms with Crippen molar-refractivity contribution >= 4 is 36.4 Å². The largest absolute Gasteiger partial charge is 0.384 e. The number of nitrogens with one attached hydrogen (secondary N) is 2. The van der Waals surface area contributed by atoms with Gasteiger partial charge in [0.1, 0.15) is 5.82 Å². The summed E-state index contributed by atoms with van der Waals surface area (Å²) in [4.78, 5) is 16.3. The van der Waals surface area contributed by atoms with E-state index in [-0.39, 0.29) is 30.7 Å². The fraction of sp³-hybridized carbons (Fsp3) is 0.333. The van der Waals surface area contributed by atoms with Crippen molar-refractivity contribution in [2.45, 2.75) is 19.9 Å². The van der Waals surface area contributed by atoms with Gasteiger partial charge in [-0.25, -0.2) is 4.98 Å². The zero-order chi connectivity index (χ0) is 13.9. The van der Waals surface area contributed by atoms with Gasteiger partial charge in [0.25, 0.3) is 5.91 Å². The van der Waals surface area contributed by atoms with Crippen molar-refractivity contribution in [3.05, 3.63) is 47.5 Å². The molecular weight excluding hydrogens is 323 g/mol. The van der Waals surface area contributed by atoms with Crippen LogP contribution < -0.4 is 10.6 Å². The van der Waals surface area contributed by atoms with Crippen LogP contribution in [0.1, 0.15) is 21.7 Å². The van der Waals surface area contributed by atoms with E-state index in [9.17, 15) is 4.79 Å². The van der Waals surface area contributed by atoms with Crippen LogP contribution in [0.15, 0.2) is 30.6 Å². The van der Waals surface area contributed by atoms with E-state index in [0.29, 0.717) is 6.54 Å². The number of carbonyl (C=O) groups excluding carboxylic acids is 1. The fourth-order valence-corrected chi connectivity index (χ4v) is 2.48. The maximum atomic E-state index is 12.1. The standard InChI is InChI=1S/C15H18N4O.2ClH/c1-11-16-6-8-19(11)9-7-18-15(20)13-2-3-14-12(10-13)4-5-17-14;;/h2-3,6,8,10,17H,4-5,7,9H2,1H3,(H,18,20);2*1H. The molecule has 0 spiro atoms. The van der Waals surface area contributed by atoms with Gasteiger partial charge < -0.3 is 15.2 Å². The van der Waals surface area contributed by atoms with E-state index in [2.05, 4.69) is 15.6 Å². The number of nitrogens with zero attached hydrogens (tertiary/aromatic N) is 2. The first-order valence-electron chi connectivity index (χ1n) is 6.87. The minimum absolute atomic E-state index is 0. The van der Waals surface area contributed by atoms with Crippen molar-refractivity contribution in [1.82, 2.24) is 14.9 Å². The van der Waals surface area contributed by atoms with Crippen LogP contribution in [-0.2, 0) is 13.0 Å². The first kappa shape index (κ1) is 18.3. The summed E-state index contributed by atoms with van der Waals surface area (Å²) in [5.74, 6) is 0.945. The highest BCUT2D eigenvalue weighted by molar-refractivity contribution is 5.95. The Bertz CT molecular complexity index is 642. The lowest BCUT2D eigenvalue weighted by atomic mass is 10.1. The molecule has 0 saturated carbocycles. The molecule has 1 aromatic carbocycles. The summed E-state index contributed by atoms with van der Waals surface area (Å²) in [7, 11) is 0. The van der Waals surface area contributed by atoms with E-state index in [1.165, 1.54) is 5.56 Å². The van der Waals surface area contributed by atoms with Crippen molar-refractivity contribution in [2.75, 3.05) is 18.4 Å². The SMILES string of the molecule is Cc1nccn1CCNC(=O)c1ccc2c(c1)CCN2.Cl.Cl.